The second-order valence-corrected chi connectivity index (χ2v) is 4.23. The van der Waals surface area contributed by atoms with Crippen LogP contribution in [0.5, 0.6) is 0 Å². The van der Waals surface area contributed by atoms with E-state index in [2.05, 4.69) is 10.1 Å². The summed E-state index contributed by atoms with van der Waals surface area (Å²) in [5, 5.41) is 13.0. The normalized spacial score (nSPS) is 26.6. The van der Waals surface area contributed by atoms with Gasteiger partial charge in [-0.05, 0) is 13.3 Å². The summed E-state index contributed by atoms with van der Waals surface area (Å²) >= 11 is 0. The Morgan fingerprint density at radius 2 is 2.24 bits per heavy atom. The van der Waals surface area contributed by atoms with Gasteiger partial charge in [-0.3, -0.25) is 4.90 Å². The molecule has 8 heteroatoms. The number of hydrogen-bond acceptors (Lipinski definition) is 5. The number of likely N-dealkylation sites (tertiary alicyclic amines) is 1. The van der Waals surface area contributed by atoms with Crippen molar-refractivity contribution in [3.63, 3.8) is 0 Å². The summed E-state index contributed by atoms with van der Waals surface area (Å²) in [6.45, 7) is 1.44. The van der Waals surface area contributed by atoms with Crippen molar-refractivity contribution in [2.75, 3.05) is 13.1 Å². The maximum Gasteiger partial charge on any atom is 0.418 e. The van der Waals surface area contributed by atoms with Crippen molar-refractivity contribution < 1.29 is 22.8 Å². The molecule has 0 bridgehead atoms. The molecule has 17 heavy (non-hydrogen) atoms. The first-order valence-electron chi connectivity index (χ1n) is 5.11. The highest BCUT2D eigenvalue weighted by Crippen LogP contribution is 2.37. The highest BCUT2D eigenvalue weighted by atomic mass is 19.4. The zero-order valence-electron chi connectivity index (χ0n) is 9.16. The SMILES string of the molecule is Cc1noc(CN2CCC(O)(C(F)(F)F)C2)n1. The third-order valence-electron chi connectivity index (χ3n) is 2.78. The fraction of sp³-hybridized carbons (Fsp3) is 0.778. The summed E-state index contributed by atoms with van der Waals surface area (Å²) in [4.78, 5) is 5.35. The van der Waals surface area contributed by atoms with E-state index in [1.807, 2.05) is 0 Å². The molecule has 0 aliphatic carbocycles. The number of rotatable bonds is 2. The molecule has 1 unspecified atom stereocenters. The highest BCUT2D eigenvalue weighted by Gasteiger charge is 2.57. The van der Waals surface area contributed by atoms with Gasteiger partial charge in [-0.15, -0.1) is 0 Å². The third kappa shape index (κ3) is 2.42. The van der Waals surface area contributed by atoms with Crippen LogP contribution in [0.3, 0.4) is 0 Å². The van der Waals surface area contributed by atoms with E-state index in [9.17, 15) is 18.3 Å². The van der Waals surface area contributed by atoms with Crippen LogP contribution < -0.4 is 0 Å². The molecule has 1 fully saturated rings. The molecule has 1 aliphatic rings. The Kier molecular flexibility index (Phi) is 2.86. The zero-order chi connectivity index (χ0) is 12.7. The number of aromatic nitrogens is 2. The van der Waals surface area contributed by atoms with Gasteiger partial charge in [-0.1, -0.05) is 5.16 Å². The van der Waals surface area contributed by atoms with E-state index in [0.29, 0.717) is 5.82 Å². The molecule has 1 aliphatic heterocycles. The van der Waals surface area contributed by atoms with Crippen molar-refractivity contribution in [2.45, 2.75) is 31.7 Å². The molecule has 0 amide bonds. The summed E-state index contributed by atoms with van der Waals surface area (Å²) in [5.74, 6) is 0.694. The Morgan fingerprint density at radius 1 is 1.53 bits per heavy atom. The van der Waals surface area contributed by atoms with Crippen LogP contribution in [-0.4, -0.2) is 45.0 Å². The van der Waals surface area contributed by atoms with Gasteiger partial charge < -0.3 is 9.63 Å². The first kappa shape index (κ1) is 12.3. The molecule has 1 saturated heterocycles. The lowest BCUT2D eigenvalue weighted by Gasteiger charge is -2.25. The number of β-amino-alcohol motifs (C(OH)–C–C–N with tert-alkyl or cyclic N) is 1. The monoisotopic (exact) mass is 251 g/mol. The lowest BCUT2D eigenvalue weighted by Crippen LogP contribution is -2.47. The Morgan fingerprint density at radius 3 is 2.71 bits per heavy atom. The quantitative estimate of drug-likeness (QED) is 0.845. The lowest BCUT2D eigenvalue weighted by molar-refractivity contribution is -0.254. The van der Waals surface area contributed by atoms with Crippen LogP contribution in [0.2, 0.25) is 0 Å². The fourth-order valence-corrected chi connectivity index (χ4v) is 1.83. The molecule has 0 aromatic carbocycles. The number of halogens is 3. The van der Waals surface area contributed by atoms with Crippen molar-refractivity contribution in [2.24, 2.45) is 0 Å². The molecule has 1 N–H and O–H groups in total. The van der Waals surface area contributed by atoms with Crippen LogP contribution in [-0.2, 0) is 6.54 Å². The minimum atomic E-state index is -4.60. The number of hydrogen-bond donors (Lipinski definition) is 1. The molecule has 2 heterocycles. The van der Waals surface area contributed by atoms with Gasteiger partial charge in [0.15, 0.2) is 11.4 Å². The smallest absolute Gasteiger partial charge is 0.379 e. The summed E-state index contributed by atoms with van der Waals surface area (Å²) in [7, 11) is 0. The number of aliphatic hydroxyl groups is 1. The van der Waals surface area contributed by atoms with Gasteiger partial charge in [0.25, 0.3) is 0 Å². The summed E-state index contributed by atoms with van der Waals surface area (Å²) in [6, 6.07) is 0. The maximum absolute atomic E-state index is 12.5. The van der Waals surface area contributed by atoms with Crippen LogP contribution in [0.15, 0.2) is 4.52 Å². The minimum absolute atomic E-state index is 0.124. The zero-order valence-corrected chi connectivity index (χ0v) is 9.16. The van der Waals surface area contributed by atoms with Gasteiger partial charge in [0.2, 0.25) is 5.89 Å². The molecule has 1 atom stereocenters. The standard InChI is InChI=1S/C9H12F3N3O2/c1-6-13-7(17-14-6)4-15-3-2-8(16,5-15)9(10,11)12/h16H,2-5H2,1H3. The predicted octanol–water partition coefficient (Wildman–Crippen LogP) is 0.877. The first-order valence-corrected chi connectivity index (χ1v) is 5.11. The summed E-state index contributed by atoms with van der Waals surface area (Å²) in [5.41, 5.74) is -2.62. The van der Waals surface area contributed by atoms with E-state index in [4.69, 9.17) is 4.52 Å². The van der Waals surface area contributed by atoms with Gasteiger partial charge >= 0.3 is 6.18 Å². The Labute approximate surface area is 95.2 Å². The van der Waals surface area contributed by atoms with E-state index in [-0.39, 0.29) is 25.4 Å². The van der Waals surface area contributed by atoms with Crippen LogP contribution in [0.1, 0.15) is 18.1 Å². The Balaban J connectivity index is 1.99. The Bertz CT molecular complexity index is 406. The Hall–Kier alpha value is -1.15. The lowest BCUT2D eigenvalue weighted by atomic mass is 10.0. The molecule has 0 saturated carbocycles. The van der Waals surface area contributed by atoms with Gasteiger partial charge in [0.05, 0.1) is 6.54 Å². The molecule has 0 radical (unpaired) electrons. The topological polar surface area (TPSA) is 62.4 Å². The molecule has 2 rings (SSSR count). The van der Waals surface area contributed by atoms with Crippen LogP contribution >= 0.6 is 0 Å². The van der Waals surface area contributed by atoms with Gasteiger partial charge in [0.1, 0.15) is 0 Å². The summed E-state index contributed by atoms with van der Waals surface area (Å²) in [6.07, 6.45) is -4.93. The molecular formula is C9H12F3N3O2. The minimum Gasteiger partial charge on any atom is -0.379 e. The van der Waals surface area contributed by atoms with Crippen molar-refractivity contribution in [3.05, 3.63) is 11.7 Å². The average Bonchev–Trinajstić information content (AvgIpc) is 2.74. The average molecular weight is 251 g/mol. The first-order chi connectivity index (χ1) is 7.80. The molecule has 96 valence electrons. The van der Waals surface area contributed by atoms with Crippen molar-refractivity contribution in [1.82, 2.24) is 15.0 Å². The third-order valence-corrected chi connectivity index (χ3v) is 2.78. The van der Waals surface area contributed by atoms with Crippen molar-refractivity contribution in [1.29, 1.82) is 0 Å². The second-order valence-electron chi connectivity index (χ2n) is 4.23. The molecule has 0 spiro atoms. The van der Waals surface area contributed by atoms with E-state index in [1.165, 1.54) is 4.90 Å². The van der Waals surface area contributed by atoms with Crippen LogP contribution in [0.4, 0.5) is 13.2 Å². The number of nitrogens with zero attached hydrogens (tertiary/aromatic N) is 3. The molecule has 1 aromatic rings. The van der Waals surface area contributed by atoms with Crippen molar-refractivity contribution in [3.8, 4) is 0 Å². The van der Waals surface area contributed by atoms with E-state index < -0.39 is 18.3 Å². The van der Waals surface area contributed by atoms with E-state index in [1.54, 1.807) is 6.92 Å². The molecular weight excluding hydrogens is 239 g/mol. The molecule has 1 aromatic heterocycles. The van der Waals surface area contributed by atoms with Crippen molar-refractivity contribution >= 4 is 0 Å². The van der Waals surface area contributed by atoms with Crippen LogP contribution in [0.25, 0.3) is 0 Å². The number of aryl methyl sites for hydroxylation is 1. The second kappa shape index (κ2) is 3.95. The number of alkyl halides is 3. The maximum atomic E-state index is 12.5. The highest BCUT2D eigenvalue weighted by molar-refractivity contribution is 4.97. The largest absolute Gasteiger partial charge is 0.418 e. The van der Waals surface area contributed by atoms with E-state index >= 15 is 0 Å². The van der Waals surface area contributed by atoms with E-state index in [0.717, 1.165) is 0 Å². The predicted molar refractivity (Wildman–Crippen MR) is 49.9 cm³/mol. The van der Waals surface area contributed by atoms with Gasteiger partial charge in [0, 0.05) is 13.1 Å². The molecule has 5 nitrogen and oxygen atoms in total. The van der Waals surface area contributed by atoms with Crippen LogP contribution in [0, 0.1) is 6.92 Å². The fourth-order valence-electron chi connectivity index (χ4n) is 1.83. The summed E-state index contributed by atoms with van der Waals surface area (Å²) < 4.78 is 42.4. The van der Waals surface area contributed by atoms with Gasteiger partial charge in [-0.25, -0.2) is 0 Å². The van der Waals surface area contributed by atoms with Gasteiger partial charge in [-0.2, -0.15) is 18.2 Å².